The molecule has 0 fully saturated rings. The van der Waals surface area contributed by atoms with Crippen molar-refractivity contribution in [1.82, 2.24) is 0 Å². The molecule has 0 aliphatic rings. The van der Waals surface area contributed by atoms with Crippen molar-refractivity contribution < 1.29 is 19.1 Å². The second kappa shape index (κ2) is 11.5. The van der Waals surface area contributed by atoms with Crippen molar-refractivity contribution in [2.45, 2.75) is 27.7 Å². The summed E-state index contributed by atoms with van der Waals surface area (Å²) in [5.41, 5.74) is 3.03. The van der Waals surface area contributed by atoms with Crippen LogP contribution in [-0.4, -0.2) is 24.8 Å². The van der Waals surface area contributed by atoms with Gasteiger partial charge in [-0.3, -0.25) is 9.59 Å². The van der Waals surface area contributed by atoms with E-state index >= 15 is 0 Å². The van der Waals surface area contributed by atoms with Crippen LogP contribution in [0.25, 0.3) is 0 Å². The molecule has 0 unspecified atom stereocenters. The molecular weight excluding hydrogens is 380 g/mol. The highest BCUT2D eigenvalue weighted by Crippen LogP contribution is 2.27. The number of hydrogen-bond donors (Lipinski definition) is 2. The molecule has 158 valence electrons. The highest BCUT2D eigenvalue weighted by atomic mass is 16.5. The molecule has 0 spiro atoms. The fourth-order valence-electron chi connectivity index (χ4n) is 2.80. The zero-order valence-electron chi connectivity index (χ0n) is 17.8. The molecule has 0 saturated carbocycles. The Kier molecular flexibility index (Phi) is 8.69. The molecule has 0 heterocycles. The van der Waals surface area contributed by atoms with E-state index in [1.165, 1.54) is 26.0 Å². The van der Waals surface area contributed by atoms with Gasteiger partial charge in [-0.25, -0.2) is 0 Å². The lowest BCUT2D eigenvalue weighted by Crippen LogP contribution is -2.11. The molecule has 30 heavy (non-hydrogen) atoms. The zero-order chi connectivity index (χ0) is 21.9. The lowest BCUT2D eigenvalue weighted by atomic mass is 10.2. The largest absolute Gasteiger partial charge is 0.488 e. The van der Waals surface area contributed by atoms with Crippen LogP contribution in [0.1, 0.15) is 27.7 Å². The smallest absolute Gasteiger partial charge is 0.154 e. The SMILES string of the molecule is CC(=O)/C=C(/C)Nc1ccccc1OCCOc1ccccc1N/C(C)=C\C(C)=O. The number of para-hydroxylation sites is 4. The van der Waals surface area contributed by atoms with Crippen LogP contribution >= 0.6 is 0 Å². The van der Waals surface area contributed by atoms with E-state index in [0.29, 0.717) is 24.7 Å². The van der Waals surface area contributed by atoms with Gasteiger partial charge in [0, 0.05) is 11.4 Å². The van der Waals surface area contributed by atoms with Crippen LogP contribution in [0.2, 0.25) is 0 Å². The first kappa shape index (κ1) is 22.7. The first-order chi connectivity index (χ1) is 14.3. The van der Waals surface area contributed by atoms with Gasteiger partial charge in [0.1, 0.15) is 24.7 Å². The summed E-state index contributed by atoms with van der Waals surface area (Å²) in [7, 11) is 0. The van der Waals surface area contributed by atoms with E-state index < -0.39 is 0 Å². The molecule has 0 aliphatic heterocycles. The van der Waals surface area contributed by atoms with Gasteiger partial charge < -0.3 is 20.1 Å². The first-order valence-corrected chi connectivity index (χ1v) is 9.70. The van der Waals surface area contributed by atoms with Gasteiger partial charge in [0.25, 0.3) is 0 Å². The molecule has 2 N–H and O–H groups in total. The minimum absolute atomic E-state index is 0.0209. The maximum atomic E-state index is 11.2. The summed E-state index contributed by atoms with van der Waals surface area (Å²) in [6.45, 7) is 7.35. The lowest BCUT2D eigenvalue weighted by Gasteiger charge is -2.15. The Labute approximate surface area is 177 Å². The molecule has 2 aromatic rings. The fourth-order valence-corrected chi connectivity index (χ4v) is 2.80. The molecule has 0 saturated heterocycles. The number of rotatable bonds is 11. The van der Waals surface area contributed by atoms with E-state index in [-0.39, 0.29) is 11.6 Å². The summed E-state index contributed by atoms with van der Waals surface area (Å²) in [6.07, 6.45) is 3.07. The van der Waals surface area contributed by atoms with Crippen LogP contribution in [0, 0.1) is 0 Å². The quantitative estimate of drug-likeness (QED) is 0.405. The molecule has 6 heteroatoms. The molecular formula is C24H28N2O4. The predicted octanol–water partition coefficient (Wildman–Crippen LogP) is 4.95. The summed E-state index contributed by atoms with van der Waals surface area (Å²) in [5.74, 6) is 1.30. The molecule has 6 nitrogen and oxygen atoms in total. The van der Waals surface area contributed by atoms with E-state index in [1.807, 2.05) is 62.4 Å². The summed E-state index contributed by atoms with van der Waals surface area (Å²) in [5, 5.41) is 6.35. The number of hydrogen-bond acceptors (Lipinski definition) is 6. The van der Waals surface area contributed by atoms with Crippen molar-refractivity contribution in [1.29, 1.82) is 0 Å². The number of benzene rings is 2. The Balaban J connectivity index is 1.95. The summed E-state index contributed by atoms with van der Waals surface area (Å²) >= 11 is 0. The van der Waals surface area contributed by atoms with E-state index in [0.717, 1.165) is 22.8 Å². The van der Waals surface area contributed by atoms with Crippen LogP contribution < -0.4 is 20.1 Å². The van der Waals surface area contributed by atoms with Gasteiger partial charge >= 0.3 is 0 Å². The van der Waals surface area contributed by atoms with E-state index in [2.05, 4.69) is 10.6 Å². The number of nitrogens with one attached hydrogen (secondary N) is 2. The zero-order valence-corrected chi connectivity index (χ0v) is 17.8. The number of ether oxygens (including phenoxy) is 2. The maximum absolute atomic E-state index is 11.2. The monoisotopic (exact) mass is 408 g/mol. The van der Waals surface area contributed by atoms with Crippen LogP contribution in [0.4, 0.5) is 11.4 Å². The molecule has 2 aromatic carbocycles. The number of anilines is 2. The highest BCUT2D eigenvalue weighted by molar-refractivity contribution is 5.89. The van der Waals surface area contributed by atoms with Gasteiger partial charge in [-0.1, -0.05) is 24.3 Å². The van der Waals surface area contributed by atoms with Crippen LogP contribution in [0.3, 0.4) is 0 Å². The predicted molar refractivity (Wildman–Crippen MR) is 120 cm³/mol. The van der Waals surface area contributed by atoms with Crippen LogP contribution in [0.5, 0.6) is 11.5 Å². The summed E-state index contributed by atoms with van der Waals surface area (Å²) < 4.78 is 11.7. The Bertz CT molecular complexity index is 870. The Morgan fingerprint density at radius 2 is 1.07 bits per heavy atom. The molecule has 2 rings (SSSR count). The van der Waals surface area contributed by atoms with Gasteiger partial charge in [0.15, 0.2) is 11.6 Å². The van der Waals surface area contributed by atoms with E-state index in [9.17, 15) is 9.59 Å². The minimum Gasteiger partial charge on any atom is -0.488 e. The Morgan fingerprint density at radius 3 is 1.43 bits per heavy atom. The Morgan fingerprint density at radius 1 is 0.700 bits per heavy atom. The lowest BCUT2D eigenvalue weighted by molar-refractivity contribution is -0.113. The van der Waals surface area contributed by atoms with Crippen LogP contribution in [-0.2, 0) is 9.59 Å². The molecule has 0 radical (unpaired) electrons. The molecule has 0 aromatic heterocycles. The number of ketones is 2. The number of allylic oxidation sites excluding steroid dienone is 4. The normalized spacial score (nSPS) is 11.6. The van der Waals surface area contributed by atoms with Crippen molar-refractivity contribution in [3.63, 3.8) is 0 Å². The van der Waals surface area contributed by atoms with Gasteiger partial charge in [-0.2, -0.15) is 0 Å². The molecule has 0 atom stereocenters. The average molecular weight is 408 g/mol. The van der Waals surface area contributed by atoms with Gasteiger partial charge in [-0.05, 0) is 64.1 Å². The van der Waals surface area contributed by atoms with Crippen LogP contribution in [0.15, 0.2) is 72.1 Å². The standard InChI is InChI=1S/C24H28N2O4/c1-17(15-19(3)27)25-21-9-5-7-11-23(21)29-13-14-30-24-12-8-6-10-22(24)26-18(2)16-20(4)28/h5-12,15-16,25-26H,13-14H2,1-4H3/b17-15-,18-16-. The van der Waals surface area contributed by atoms with Crippen molar-refractivity contribution >= 4 is 22.9 Å². The summed E-state index contributed by atoms with van der Waals surface area (Å²) in [6, 6.07) is 15.0. The van der Waals surface area contributed by atoms with Gasteiger partial charge in [-0.15, -0.1) is 0 Å². The number of carbonyl (C=O) groups excluding carboxylic acids is 2. The van der Waals surface area contributed by atoms with Crippen molar-refractivity contribution in [2.75, 3.05) is 23.8 Å². The second-order valence-corrected chi connectivity index (χ2v) is 6.82. The third-order valence-corrected chi connectivity index (χ3v) is 3.88. The first-order valence-electron chi connectivity index (χ1n) is 9.70. The fraction of sp³-hybridized carbons (Fsp3) is 0.250. The topological polar surface area (TPSA) is 76.7 Å². The van der Waals surface area contributed by atoms with E-state index in [1.54, 1.807) is 0 Å². The highest BCUT2D eigenvalue weighted by Gasteiger charge is 2.06. The third kappa shape index (κ3) is 7.83. The second-order valence-electron chi connectivity index (χ2n) is 6.82. The minimum atomic E-state index is -0.0209. The number of carbonyl (C=O) groups is 2. The van der Waals surface area contributed by atoms with E-state index in [4.69, 9.17) is 9.47 Å². The summed E-state index contributed by atoms with van der Waals surface area (Å²) in [4.78, 5) is 22.5. The van der Waals surface area contributed by atoms with Crippen molar-refractivity contribution in [3.05, 3.63) is 72.1 Å². The molecule has 0 amide bonds. The molecule has 0 aliphatic carbocycles. The average Bonchev–Trinajstić information content (AvgIpc) is 2.66. The molecule has 0 bridgehead atoms. The van der Waals surface area contributed by atoms with Crippen molar-refractivity contribution in [2.24, 2.45) is 0 Å². The van der Waals surface area contributed by atoms with Gasteiger partial charge in [0.2, 0.25) is 0 Å². The third-order valence-electron chi connectivity index (χ3n) is 3.88. The van der Waals surface area contributed by atoms with Crippen molar-refractivity contribution in [3.8, 4) is 11.5 Å². The maximum Gasteiger partial charge on any atom is 0.154 e. The Hall–Kier alpha value is -3.54. The van der Waals surface area contributed by atoms with Gasteiger partial charge in [0.05, 0.1) is 11.4 Å².